The second-order valence-electron chi connectivity index (χ2n) is 7.58. The molecule has 3 rings (SSSR count). The molecule has 2 unspecified atom stereocenters. The quantitative estimate of drug-likeness (QED) is 0.324. The Morgan fingerprint density at radius 2 is 2.06 bits per heavy atom. The van der Waals surface area contributed by atoms with Gasteiger partial charge in [-0.2, -0.15) is 4.68 Å². The summed E-state index contributed by atoms with van der Waals surface area (Å²) in [5, 5.41) is 6.78. The summed E-state index contributed by atoms with van der Waals surface area (Å²) in [7, 11) is 8.81. The van der Waals surface area contributed by atoms with Gasteiger partial charge in [-0.1, -0.05) is 13.8 Å². The number of pyridine rings is 1. The maximum absolute atomic E-state index is 13.1. The van der Waals surface area contributed by atoms with E-state index in [1.54, 1.807) is 42.9 Å². The summed E-state index contributed by atoms with van der Waals surface area (Å²) in [5.74, 6) is 1.36. The molecule has 2 aromatic heterocycles. The summed E-state index contributed by atoms with van der Waals surface area (Å²) in [6.45, 7) is 7.02. The van der Waals surface area contributed by atoms with Crippen LogP contribution in [-0.4, -0.2) is 38.8 Å². The van der Waals surface area contributed by atoms with Crippen LogP contribution in [0.2, 0.25) is 0 Å². The Kier molecular flexibility index (Phi) is 8.88. The molecule has 2 atom stereocenters. The SMILES string of the molecule is CCn1c(COC)nn(-c2cc(SC(C)C)c(/C(P)=C/c3cnccc3OC)cc2P)c1=O. The van der Waals surface area contributed by atoms with E-state index in [2.05, 4.69) is 48.5 Å². The fraction of sp³-hybridized carbons (Fsp3) is 0.348. The predicted molar refractivity (Wildman–Crippen MR) is 143 cm³/mol. The molecule has 0 N–H and O–H groups in total. The molecule has 0 saturated carbocycles. The van der Waals surface area contributed by atoms with Crippen LogP contribution >= 0.6 is 30.2 Å². The van der Waals surface area contributed by atoms with E-state index in [0.717, 1.165) is 38.1 Å². The largest absolute Gasteiger partial charge is 0.496 e. The topological polar surface area (TPSA) is 71.2 Å². The molecule has 7 nitrogen and oxygen atoms in total. The molecule has 176 valence electrons. The van der Waals surface area contributed by atoms with E-state index in [1.165, 1.54) is 4.68 Å². The average Bonchev–Trinajstić information content (AvgIpc) is 3.09. The Labute approximate surface area is 203 Å². The summed E-state index contributed by atoms with van der Waals surface area (Å²) in [5.41, 5.74) is 2.50. The van der Waals surface area contributed by atoms with Gasteiger partial charge in [0.25, 0.3) is 0 Å². The van der Waals surface area contributed by atoms with Gasteiger partial charge in [0.05, 0.1) is 12.8 Å². The summed E-state index contributed by atoms with van der Waals surface area (Å²) < 4.78 is 13.8. The molecule has 2 heterocycles. The molecule has 10 heteroatoms. The first-order chi connectivity index (χ1) is 15.8. The highest BCUT2D eigenvalue weighted by molar-refractivity contribution is 8.00. The second kappa shape index (κ2) is 11.4. The lowest BCUT2D eigenvalue weighted by Crippen LogP contribution is -2.26. The fourth-order valence-electron chi connectivity index (χ4n) is 3.43. The molecule has 0 fully saturated rings. The van der Waals surface area contributed by atoms with Crippen LogP contribution in [0.15, 0.2) is 40.3 Å². The number of benzene rings is 1. The number of ether oxygens (including phenoxy) is 2. The van der Waals surface area contributed by atoms with Gasteiger partial charge in [-0.05, 0) is 47.4 Å². The molecule has 0 aliphatic heterocycles. The molecule has 0 aliphatic carbocycles. The Morgan fingerprint density at radius 1 is 1.30 bits per heavy atom. The van der Waals surface area contributed by atoms with Crippen molar-refractivity contribution in [3.8, 4) is 11.4 Å². The van der Waals surface area contributed by atoms with Gasteiger partial charge in [0.15, 0.2) is 5.82 Å². The zero-order valence-corrected chi connectivity index (χ0v) is 22.7. The number of nitrogens with zero attached hydrogens (tertiary/aromatic N) is 4. The first kappa shape index (κ1) is 25.6. The van der Waals surface area contributed by atoms with Crippen molar-refractivity contribution in [3.63, 3.8) is 0 Å². The number of aromatic nitrogens is 4. The lowest BCUT2D eigenvalue weighted by Gasteiger charge is -2.16. The van der Waals surface area contributed by atoms with E-state index in [0.29, 0.717) is 17.6 Å². The Balaban J connectivity index is 2.17. The Morgan fingerprint density at radius 3 is 2.70 bits per heavy atom. The molecule has 33 heavy (non-hydrogen) atoms. The van der Waals surface area contributed by atoms with Gasteiger partial charge in [-0.15, -0.1) is 35.3 Å². The van der Waals surface area contributed by atoms with E-state index < -0.39 is 0 Å². The third-order valence-electron chi connectivity index (χ3n) is 4.90. The van der Waals surface area contributed by atoms with Crippen LogP contribution in [0.3, 0.4) is 0 Å². The minimum absolute atomic E-state index is 0.178. The van der Waals surface area contributed by atoms with Crippen LogP contribution in [0.4, 0.5) is 0 Å². The van der Waals surface area contributed by atoms with Gasteiger partial charge in [0, 0.05) is 41.8 Å². The van der Waals surface area contributed by atoms with E-state index in [9.17, 15) is 4.79 Å². The highest BCUT2D eigenvalue weighted by Crippen LogP contribution is 2.37. The second-order valence-corrected chi connectivity index (χ2v) is 10.4. The van der Waals surface area contributed by atoms with Crippen molar-refractivity contribution in [1.29, 1.82) is 0 Å². The first-order valence-corrected chi connectivity index (χ1v) is 12.6. The zero-order valence-electron chi connectivity index (χ0n) is 19.5. The van der Waals surface area contributed by atoms with Gasteiger partial charge in [0.1, 0.15) is 12.4 Å². The van der Waals surface area contributed by atoms with Gasteiger partial charge in [0.2, 0.25) is 0 Å². The van der Waals surface area contributed by atoms with Crippen LogP contribution < -0.4 is 15.7 Å². The van der Waals surface area contributed by atoms with Crippen molar-refractivity contribution in [2.24, 2.45) is 0 Å². The van der Waals surface area contributed by atoms with Crippen molar-refractivity contribution < 1.29 is 9.47 Å². The summed E-state index contributed by atoms with van der Waals surface area (Å²) in [6, 6.07) is 5.94. The van der Waals surface area contributed by atoms with E-state index in [1.807, 2.05) is 25.1 Å². The number of rotatable bonds is 9. The first-order valence-electron chi connectivity index (χ1n) is 10.5. The predicted octanol–water partition coefficient (Wildman–Crippen LogP) is 3.98. The van der Waals surface area contributed by atoms with Crippen molar-refractivity contribution >= 4 is 46.9 Å². The van der Waals surface area contributed by atoms with Crippen LogP contribution in [-0.2, 0) is 17.9 Å². The molecule has 0 aliphatic rings. The molecule has 1 aromatic carbocycles. The maximum atomic E-state index is 13.1. The fourth-order valence-corrected chi connectivity index (χ4v) is 5.31. The van der Waals surface area contributed by atoms with Gasteiger partial charge in [-0.3, -0.25) is 9.55 Å². The molecule has 0 radical (unpaired) electrons. The normalized spacial score (nSPS) is 11.9. The Hall–Kier alpha value is -1.98. The number of thioether (sulfide) groups is 1. The lowest BCUT2D eigenvalue weighted by molar-refractivity contribution is 0.173. The average molecular weight is 505 g/mol. The van der Waals surface area contributed by atoms with Gasteiger partial charge >= 0.3 is 5.69 Å². The number of hydrogen-bond acceptors (Lipinski definition) is 6. The zero-order chi connectivity index (χ0) is 24.1. The lowest BCUT2D eigenvalue weighted by atomic mass is 10.1. The highest BCUT2D eigenvalue weighted by atomic mass is 32.2. The third kappa shape index (κ3) is 5.75. The monoisotopic (exact) mass is 504 g/mol. The van der Waals surface area contributed by atoms with Gasteiger partial charge in [-0.25, -0.2) is 4.79 Å². The molecule has 0 amide bonds. The summed E-state index contributed by atoms with van der Waals surface area (Å²) in [4.78, 5) is 18.3. The molecule has 0 spiro atoms. The maximum Gasteiger partial charge on any atom is 0.350 e. The third-order valence-corrected chi connectivity index (χ3v) is 6.90. The molecule has 0 bridgehead atoms. The van der Waals surface area contributed by atoms with Gasteiger partial charge < -0.3 is 9.47 Å². The molecule has 0 saturated heterocycles. The van der Waals surface area contributed by atoms with E-state index in [-0.39, 0.29) is 12.3 Å². The van der Waals surface area contributed by atoms with Crippen molar-refractivity contribution in [1.82, 2.24) is 19.3 Å². The minimum Gasteiger partial charge on any atom is -0.496 e. The number of hydrogen-bond donors (Lipinski definition) is 0. The minimum atomic E-state index is -0.178. The standard InChI is InChI=1S/C23H30N4O3P2S/c1-6-26-22(13-29-4)25-27(23(26)28)17-11-21(33-14(2)3)16(10-20(17)32)19(31)9-15-12-24-8-7-18(15)30-5/h7-12,14H,6,13,31-32H2,1-5H3/b19-9-. The van der Waals surface area contributed by atoms with Crippen LogP contribution in [0.25, 0.3) is 17.1 Å². The van der Waals surface area contributed by atoms with E-state index >= 15 is 0 Å². The van der Waals surface area contributed by atoms with Crippen LogP contribution in [0.1, 0.15) is 37.7 Å². The smallest absolute Gasteiger partial charge is 0.350 e. The Bertz CT molecular complexity index is 1220. The van der Waals surface area contributed by atoms with Crippen molar-refractivity contribution in [3.05, 3.63) is 58.0 Å². The highest BCUT2D eigenvalue weighted by Gasteiger charge is 2.18. The van der Waals surface area contributed by atoms with E-state index in [4.69, 9.17) is 9.47 Å². The molecular formula is C23H30N4O3P2S. The van der Waals surface area contributed by atoms with Crippen LogP contribution in [0.5, 0.6) is 5.75 Å². The van der Waals surface area contributed by atoms with Crippen molar-refractivity contribution in [2.75, 3.05) is 14.2 Å². The molecule has 3 aromatic rings. The van der Waals surface area contributed by atoms with Crippen LogP contribution in [0, 0.1) is 0 Å². The molecular weight excluding hydrogens is 474 g/mol. The van der Waals surface area contributed by atoms with Crippen molar-refractivity contribution in [2.45, 2.75) is 44.1 Å². The summed E-state index contributed by atoms with van der Waals surface area (Å²) >= 11 is 1.74. The summed E-state index contributed by atoms with van der Waals surface area (Å²) in [6.07, 6.45) is 5.52. The number of methoxy groups -OCH3 is 2.